The van der Waals surface area contributed by atoms with E-state index in [-0.39, 0.29) is 6.04 Å². The Morgan fingerprint density at radius 1 is 1.30 bits per heavy atom. The monoisotopic (exact) mass is 365 g/mol. The molecule has 0 spiro atoms. The van der Waals surface area contributed by atoms with E-state index < -0.39 is 0 Å². The fourth-order valence-corrected chi connectivity index (χ4v) is 3.40. The van der Waals surface area contributed by atoms with Crippen molar-refractivity contribution in [1.82, 2.24) is 35.9 Å². The zero-order valence-electron chi connectivity index (χ0n) is 15.2. The number of ether oxygens (including phenoxy) is 1. The molecule has 4 rings (SSSR count). The standard InChI is InChI=1S/C19H23N7O/c1-27-17-6-2-4-14(8-17)18-16(11-23-25-18)10-20-9-15-5-3-7-22-19(15)26-13-21-12-24-26/h2-8,12-13,16,18,20,23,25H,9-11H2,1H3. The van der Waals surface area contributed by atoms with Crippen LogP contribution in [0.4, 0.5) is 0 Å². The molecule has 1 fully saturated rings. The van der Waals surface area contributed by atoms with E-state index in [0.717, 1.165) is 30.2 Å². The Hall–Kier alpha value is -2.81. The summed E-state index contributed by atoms with van der Waals surface area (Å²) in [5.41, 5.74) is 8.95. The van der Waals surface area contributed by atoms with E-state index in [4.69, 9.17) is 4.74 Å². The summed E-state index contributed by atoms with van der Waals surface area (Å²) in [7, 11) is 1.69. The summed E-state index contributed by atoms with van der Waals surface area (Å²) in [4.78, 5) is 8.44. The third-order valence-corrected chi connectivity index (χ3v) is 4.77. The van der Waals surface area contributed by atoms with Gasteiger partial charge in [-0.05, 0) is 23.8 Å². The van der Waals surface area contributed by atoms with Crippen LogP contribution in [-0.4, -0.2) is 39.9 Å². The van der Waals surface area contributed by atoms with Crippen molar-refractivity contribution in [3.8, 4) is 11.6 Å². The van der Waals surface area contributed by atoms with E-state index in [0.29, 0.717) is 12.5 Å². The summed E-state index contributed by atoms with van der Waals surface area (Å²) in [5, 5.41) is 7.75. The molecule has 0 aliphatic carbocycles. The molecule has 1 aliphatic heterocycles. The molecule has 8 heteroatoms. The van der Waals surface area contributed by atoms with Gasteiger partial charge < -0.3 is 10.1 Å². The number of methoxy groups -OCH3 is 1. The minimum Gasteiger partial charge on any atom is -0.497 e. The van der Waals surface area contributed by atoms with Gasteiger partial charge in [0, 0.05) is 37.3 Å². The number of hydrogen-bond donors (Lipinski definition) is 3. The number of hydrogen-bond acceptors (Lipinski definition) is 7. The first-order chi connectivity index (χ1) is 13.3. The Morgan fingerprint density at radius 2 is 2.26 bits per heavy atom. The predicted octanol–water partition coefficient (Wildman–Crippen LogP) is 1.23. The van der Waals surface area contributed by atoms with Gasteiger partial charge in [-0.3, -0.25) is 5.43 Å². The van der Waals surface area contributed by atoms with E-state index in [1.54, 1.807) is 24.3 Å². The molecule has 1 saturated heterocycles. The Balaban J connectivity index is 1.40. The SMILES string of the molecule is COc1cccc(C2NNCC2CNCc2cccnc2-n2cncn2)c1. The molecule has 27 heavy (non-hydrogen) atoms. The first kappa shape index (κ1) is 17.6. The topological polar surface area (TPSA) is 88.9 Å². The van der Waals surface area contributed by atoms with Crippen molar-refractivity contribution in [3.63, 3.8) is 0 Å². The predicted molar refractivity (Wildman–Crippen MR) is 101 cm³/mol. The average Bonchev–Trinajstić information content (AvgIpc) is 3.41. The number of rotatable bonds is 7. The zero-order chi connectivity index (χ0) is 18.5. The van der Waals surface area contributed by atoms with Crippen molar-refractivity contribution in [3.05, 3.63) is 66.4 Å². The second kappa shape index (κ2) is 8.26. The second-order valence-corrected chi connectivity index (χ2v) is 6.50. The fourth-order valence-electron chi connectivity index (χ4n) is 3.40. The highest BCUT2D eigenvalue weighted by molar-refractivity contribution is 5.33. The molecule has 0 radical (unpaired) electrons. The van der Waals surface area contributed by atoms with Gasteiger partial charge in [0.05, 0.1) is 13.2 Å². The van der Waals surface area contributed by atoms with Crippen LogP contribution in [0, 0.1) is 5.92 Å². The maximum atomic E-state index is 5.35. The first-order valence-corrected chi connectivity index (χ1v) is 8.97. The number of hydrazine groups is 1. The summed E-state index contributed by atoms with van der Waals surface area (Å²) in [6, 6.07) is 12.4. The maximum Gasteiger partial charge on any atom is 0.159 e. The minimum absolute atomic E-state index is 0.233. The Morgan fingerprint density at radius 3 is 3.11 bits per heavy atom. The molecule has 140 valence electrons. The van der Waals surface area contributed by atoms with Crippen LogP contribution in [0.2, 0.25) is 0 Å². The Bertz CT molecular complexity index is 868. The average molecular weight is 365 g/mol. The molecule has 1 aliphatic rings. The molecule has 2 atom stereocenters. The molecule has 1 aromatic carbocycles. The normalized spacial score (nSPS) is 19.3. The van der Waals surface area contributed by atoms with Crippen molar-refractivity contribution < 1.29 is 4.74 Å². The quantitative estimate of drug-likeness (QED) is 0.580. The van der Waals surface area contributed by atoms with Crippen LogP contribution in [0.5, 0.6) is 5.75 Å². The van der Waals surface area contributed by atoms with Gasteiger partial charge in [-0.1, -0.05) is 18.2 Å². The van der Waals surface area contributed by atoms with Crippen LogP contribution < -0.4 is 20.9 Å². The van der Waals surface area contributed by atoms with E-state index in [1.165, 1.54) is 11.9 Å². The molecular weight excluding hydrogens is 342 g/mol. The third kappa shape index (κ3) is 3.97. The molecule has 0 saturated carbocycles. The fraction of sp³-hybridized carbons (Fsp3) is 0.316. The first-order valence-electron chi connectivity index (χ1n) is 8.97. The number of nitrogens with one attached hydrogen (secondary N) is 3. The van der Waals surface area contributed by atoms with Gasteiger partial charge in [0.2, 0.25) is 0 Å². The molecule has 0 amide bonds. The van der Waals surface area contributed by atoms with Crippen molar-refractivity contribution in [2.45, 2.75) is 12.6 Å². The highest BCUT2D eigenvalue weighted by Gasteiger charge is 2.28. The Kier molecular flexibility index (Phi) is 5.38. The van der Waals surface area contributed by atoms with Crippen LogP contribution in [0.3, 0.4) is 0 Å². The van der Waals surface area contributed by atoms with Crippen molar-refractivity contribution in [2.24, 2.45) is 5.92 Å². The summed E-state index contributed by atoms with van der Waals surface area (Å²) in [6.45, 7) is 2.48. The molecule has 3 aromatic rings. The number of aromatic nitrogens is 4. The summed E-state index contributed by atoms with van der Waals surface area (Å²) in [5.74, 6) is 2.10. The van der Waals surface area contributed by atoms with E-state index in [2.05, 4.69) is 49.4 Å². The lowest BCUT2D eigenvalue weighted by atomic mass is 9.94. The van der Waals surface area contributed by atoms with Crippen molar-refractivity contribution in [2.75, 3.05) is 20.2 Å². The van der Waals surface area contributed by atoms with E-state index >= 15 is 0 Å². The minimum atomic E-state index is 0.233. The van der Waals surface area contributed by atoms with Gasteiger partial charge in [-0.25, -0.2) is 20.1 Å². The smallest absolute Gasteiger partial charge is 0.159 e. The number of pyridine rings is 1. The zero-order valence-corrected chi connectivity index (χ0v) is 15.2. The maximum absolute atomic E-state index is 5.35. The van der Waals surface area contributed by atoms with Crippen LogP contribution in [0.15, 0.2) is 55.2 Å². The summed E-state index contributed by atoms with van der Waals surface area (Å²) < 4.78 is 7.04. The van der Waals surface area contributed by atoms with Gasteiger partial charge in [-0.15, -0.1) is 0 Å². The highest BCUT2D eigenvalue weighted by Crippen LogP contribution is 2.27. The van der Waals surface area contributed by atoms with Crippen LogP contribution in [0.1, 0.15) is 17.2 Å². The summed E-state index contributed by atoms with van der Waals surface area (Å²) in [6.07, 6.45) is 4.94. The number of benzene rings is 1. The Labute approximate surface area is 158 Å². The van der Waals surface area contributed by atoms with E-state index in [1.807, 2.05) is 18.2 Å². The molecule has 3 heterocycles. The lowest BCUT2D eigenvalue weighted by Gasteiger charge is -2.20. The van der Waals surface area contributed by atoms with Gasteiger partial charge >= 0.3 is 0 Å². The van der Waals surface area contributed by atoms with Gasteiger partial charge in [0.25, 0.3) is 0 Å². The molecule has 2 aromatic heterocycles. The molecular formula is C19H23N7O. The van der Waals surface area contributed by atoms with Crippen LogP contribution in [-0.2, 0) is 6.54 Å². The lowest BCUT2D eigenvalue weighted by Crippen LogP contribution is -2.29. The third-order valence-electron chi connectivity index (χ3n) is 4.77. The second-order valence-electron chi connectivity index (χ2n) is 6.50. The van der Waals surface area contributed by atoms with Crippen molar-refractivity contribution >= 4 is 0 Å². The molecule has 0 bridgehead atoms. The van der Waals surface area contributed by atoms with Gasteiger partial charge in [0.15, 0.2) is 5.82 Å². The van der Waals surface area contributed by atoms with E-state index in [9.17, 15) is 0 Å². The lowest BCUT2D eigenvalue weighted by molar-refractivity contribution is 0.409. The molecule has 2 unspecified atom stereocenters. The highest BCUT2D eigenvalue weighted by atomic mass is 16.5. The van der Waals surface area contributed by atoms with Gasteiger partial charge in [0.1, 0.15) is 18.4 Å². The number of nitrogens with zero attached hydrogens (tertiary/aromatic N) is 4. The largest absolute Gasteiger partial charge is 0.497 e. The summed E-state index contributed by atoms with van der Waals surface area (Å²) >= 11 is 0. The van der Waals surface area contributed by atoms with Crippen molar-refractivity contribution in [1.29, 1.82) is 0 Å². The van der Waals surface area contributed by atoms with Crippen LogP contribution in [0.25, 0.3) is 5.82 Å². The molecule has 8 nitrogen and oxygen atoms in total. The van der Waals surface area contributed by atoms with Gasteiger partial charge in [-0.2, -0.15) is 5.10 Å². The molecule has 3 N–H and O–H groups in total. The van der Waals surface area contributed by atoms with Crippen LogP contribution >= 0.6 is 0 Å².